The Hall–Kier alpha value is -2.90. The molecule has 0 bridgehead atoms. The highest BCUT2D eigenvalue weighted by atomic mass is 16.5. The van der Waals surface area contributed by atoms with Crippen LogP contribution in [0.25, 0.3) is 5.69 Å². The van der Waals surface area contributed by atoms with Gasteiger partial charge in [0.2, 0.25) is 0 Å². The van der Waals surface area contributed by atoms with Gasteiger partial charge in [-0.15, -0.1) is 5.10 Å². The van der Waals surface area contributed by atoms with Gasteiger partial charge in [-0.2, -0.15) is 0 Å². The molecule has 2 heterocycles. The second kappa shape index (κ2) is 6.31. The van der Waals surface area contributed by atoms with E-state index in [-0.39, 0.29) is 5.69 Å². The summed E-state index contributed by atoms with van der Waals surface area (Å²) in [4.78, 5) is 25.3. The van der Waals surface area contributed by atoms with Gasteiger partial charge in [0.25, 0.3) is 5.91 Å². The van der Waals surface area contributed by atoms with Gasteiger partial charge >= 0.3 is 5.97 Å². The van der Waals surface area contributed by atoms with Crippen molar-refractivity contribution in [3.8, 4) is 11.4 Å². The van der Waals surface area contributed by atoms with Crippen molar-refractivity contribution in [1.29, 1.82) is 0 Å². The standard InChI is InChI=1S/C16H18N4O4/c1-10-14(15(21)19-9-3-4-13(19)16(22)23)17-18-20(10)11-5-7-12(24-2)8-6-11/h5-8,13H,3-4,9H2,1-2H3,(H,22,23)/t13-/m1/s1. The maximum Gasteiger partial charge on any atom is 0.326 e. The number of aromatic nitrogens is 3. The fourth-order valence-corrected chi connectivity index (χ4v) is 2.90. The minimum atomic E-state index is -0.985. The molecule has 1 aliphatic rings. The second-order valence-corrected chi connectivity index (χ2v) is 5.63. The molecule has 1 aromatic heterocycles. The average molecular weight is 330 g/mol. The molecule has 8 heteroatoms. The van der Waals surface area contributed by atoms with Crippen LogP contribution in [0.5, 0.6) is 5.75 Å². The highest BCUT2D eigenvalue weighted by Crippen LogP contribution is 2.22. The van der Waals surface area contributed by atoms with E-state index >= 15 is 0 Å². The molecule has 0 saturated carbocycles. The van der Waals surface area contributed by atoms with Crippen LogP contribution in [-0.4, -0.2) is 56.6 Å². The van der Waals surface area contributed by atoms with Crippen molar-refractivity contribution < 1.29 is 19.4 Å². The van der Waals surface area contributed by atoms with Crippen molar-refractivity contribution in [2.75, 3.05) is 13.7 Å². The van der Waals surface area contributed by atoms with Crippen molar-refractivity contribution in [2.45, 2.75) is 25.8 Å². The lowest BCUT2D eigenvalue weighted by atomic mass is 10.2. The average Bonchev–Trinajstić information content (AvgIpc) is 3.21. The van der Waals surface area contributed by atoms with Gasteiger partial charge in [0.05, 0.1) is 18.5 Å². The van der Waals surface area contributed by atoms with Crippen molar-refractivity contribution in [2.24, 2.45) is 0 Å². The third-order valence-corrected chi connectivity index (χ3v) is 4.21. The Morgan fingerprint density at radius 2 is 2.00 bits per heavy atom. The number of aliphatic carboxylic acids is 1. The number of likely N-dealkylation sites (tertiary alicyclic amines) is 1. The molecule has 8 nitrogen and oxygen atoms in total. The van der Waals surface area contributed by atoms with Crippen molar-refractivity contribution in [3.63, 3.8) is 0 Å². The molecular weight excluding hydrogens is 312 g/mol. The molecule has 1 atom stereocenters. The Bertz CT molecular complexity index is 769. The summed E-state index contributed by atoms with van der Waals surface area (Å²) in [5.74, 6) is -0.660. The number of carbonyl (C=O) groups excluding carboxylic acids is 1. The fraction of sp³-hybridized carbons (Fsp3) is 0.375. The van der Waals surface area contributed by atoms with Crippen LogP contribution in [0.3, 0.4) is 0 Å². The van der Waals surface area contributed by atoms with Crippen molar-refractivity contribution in [1.82, 2.24) is 19.9 Å². The van der Waals surface area contributed by atoms with Crippen LogP contribution >= 0.6 is 0 Å². The summed E-state index contributed by atoms with van der Waals surface area (Å²) in [6.07, 6.45) is 1.14. The van der Waals surface area contributed by atoms with Gasteiger partial charge in [-0.05, 0) is 44.0 Å². The first-order valence-electron chi connectivity index (χ1n) is 7.63. The number of carboxylic acids is 1. The monoisotopic (exact) mass is 330 g/mol. The van der Waals surface area contributed by atoms with E-state index in [0.717, 1.165) is 5.69 Å². The molecule has 24 heavy (non-hydrogen) atoms. The maximum absolute atomic E-state index is 12.7. The molecule has 1 aliphatic heterocycles. The fourth-order valence-electron chi connectivity index (χ4n) is 2.90. The van der Waals surface area contributed by atoms with E-state index in [1.165, 1.54) is 4.90 Å². The third-order valence-electron chi connectivity index (χ3n) is 4.21. The van der Waals surface area contributed by atoms with Gasteiger partial charge in [-0.1, -0.05) is 5.21 Å². The normalized spacial score (nSPS) is 17.1. The molecule has 0 spiro atoms. The molecule has 1 amide bonds. The smallest absolute Gasteiger partial charge is 0.326 e. The molecule has 0 radical (unpaired) electrons. The van der Waals surface area contributed by atoms with E-state index in [1.54, 1.807) is 30.8 Å². The quantitative estimate of drug-likeness (QED) is 0.907. The number of ether oxygens (including phenoxy) is 1. The van der Waals surface area contributed by atoms with E-state index in [4.69, 9.17) is 4.74 Å². The lowest BCUT2D eigenvalue weighted by Crippen LogP contribution is -2.40. The van der Waals surface area contributed by atoms with Gasteiger partial charge < -0.3 is 14.7 Å². The Morgan fingerprint density at radius 3 is 2.62 bits per heavy atom. The van der Waals surface area contributed by atoms with Gasteiger partial charge in [0.15, 0.2) is 5.69 Å². The van der Waals surface area contributed by atoms with E-state index < -0.39 is 17.9 Å². The topological polar surface area (TPSA) is 97.5 Å². The predicted octanol–water partition coefficient (Wildman–Crippen LogP) is 1.27. The van der Waals surface area contributed by atoms with Crippen LogP contribution in [0.1, 0.15) is 29.0 Å². The third kappa shape index (κ3) is 2.70. The highest BCUT2D eigenvalue weighted by molar-refractivity contribution is 5.96. The molecule has 3 rings (SSSR count). The Kier molecular flexibility index (Phi) is 4.20. The minimum Gasteiger partial charge on any atom is -0.497 e. The molecule has 1 aromatic carbocycles. The van der Waals surface area contributed by atoms with E-state index in [1.807, 2.05) is 12.1 Å². The van der Waals surface area contributed by atoms with Gasteiger partial charge in [-0.25, -0.2) is 9.48 Å². The number of benzene rings is 1. The van der Waals surface area contributed by atoms with E-state index in [0.29, 0.717) is 30.8 Å². The first kappa shape index (κ1) is 16.0. The summed E-state index contributed by atoms with van der Waals surface area (Å²) in [6, 6.07) is 6.41. The SMILES string of the molecule is COc1ccc(-n2nnc(C(=O)N3CCC[C@@H]3C(=O)O)c2C)cc1. The molecule has 0 aliphatic carbocycles. The predicted molar refractivity (Wildman–Crippen MR) is 84.3 cm³/mol. The summed E-state index contributed by atoms with van der Waals surface area (Å²) >= 11 is 0. The van der Waals surface area contributed by atoms with Gasteiger partial charge in [0, 0.05) is 6.54 Å². The Labute approximate surface area is 138 Å². The highest BCUT2D eigenvalue weighted by Gasteiger charge is 2.36. The zero-order valence-corrected chi connectivity index (χ0v) is 13.5. The number of hydrogen-bond donors (Lipinski definition) is 1. The van der Waals surface area contributed by atoms with Gasteiger partial charge in [-0.3, -0.25) is 4.79 Å². The summed E-state index contributed by atoms with van der Waals surface area (Å²) in [7, 11) is 1.58. The van der Waals surface area contributed by atoms with Crippen LogP contribution in [-0.2, 0) is 4.79 Å². The first-order chi connectivity index (χ1) is 11.5. The lowest BCUT2D eigenvalue weighted by molar-refractivity contribution is -0.141. The van der Waals surface area contributed by atoms with Gasteiger partial charge in [0.1, 0.15) is 11.8 Å². The molecule has 0 unspecified atom stereocenters. The van der Waals surface area contributed by atoms with Crippen molar-refractivity contribution >= 4 is 11.9 Å². The van der Waals surface area contributed by atoms with Crippen LogP contribution in [0.2, 0.25) is 0 Å². The number of amides is 1. The molecule has 1 saturated heterocycles. The Balaban J connectivity index is 1.89. The number of hydrogen-bond acceptors (Lipinski definition) is 5. The minimum absolute atomic E-state index is 0.180. The number of carboxylic acid groups (broad SMARTS) is 1. The first-order valence-corrected chi connectivity index (χ1v) is 7.63. The molecule has 126 valence electrons. The molecule has 1 N–H and O–H groups in total. The zero-order chi connectivity index (χ0) is 17.3. The number of carbonyl (C=O) groups is 2. The maximum atomic E-state index is 12.7. The second-order valence-electron chi connectivity index (χ2n) is 5.63. The van der Waals surface area contributed by atoms with Crippen molar-refractivity contribution in [3.05, 3.63) is 35.7 Å². The largest absolute Gasteiger partial charge is 0.497 e. The van der Waals surface area contributed by atoms with E-state index in [9.17, 15) is 14.7 Å². The van der Waals surface area contributed by atoms with Crippen LogP contribution < -0.4 is 4.74 Å². The number of nitrogens with zero attached hydrogens (tertiary/aromatic N) is 4. The molecule has 1 fully saturated rings. The lowest BCUT2D eigenvalue weighted by Gasteiger charge is -2.20. The van der Waals surface area contributed by atoms with Crippen LogP contribution in [0.4, 0.5) is 0 Å². The number of methoxy groups -OCH3 is 1. The molecule has 2 aromatic rings. The van der Waals surface area contributed by atoms with Crippen LogP contribution in [0, 0.1) is 6.92 Å². The summed E-state index contributed by atoms with van der Waals surface area (Å²) in [6.45, 7) is 2.16. The molecular formula is C16H18N4O4. The number of rotatable bonds is 4. The van der Waals surface area contributed by atoms with E-state index in [2.05, 4.69) is 10.3 Å². The zero-order valence-electron chi connectivity index (χ0n) is 13.5. The Morgan fingerprint density at radius 1 is 1.29 bits per heavy atom. The summed E-state index contributed by atoms with van der Waals surface area (Å²) < 4.78 is 6.67. The van der Waals surface area contributed by atoms with Crippen LogP contribution in [0.15, 0.2) is 24.3 Å². The summed E-state index contributed by atoms with van der Waals surface area (Å²) in [5, 5.41) is 17.2. The summed E-state index contributed by atoms with van der Waals surface area (Å²) in [5.41, 5.74) is 1.50.